The number of hydrogen-bond donors (Lipinski definition) is 1. The molecule has 0 saturated heterocycles. The van der Waals surface area contributed by atoms with Crippen LogP contribution in [-0.2, 0) is 4.79 Å². The Morgan fingerprint density at radius 2 is 1.95 bits per heavy atom. The summed E-state index contributed by atoms with van der Waals surface area (Å²) in [5.74, 6) is 0.634. The lowest BCUT2D eigenvalue weighted by Crippen LogP contribution is -2.35. The molecule has 0 spiro atoms. The molecule has 1 atom stereocenters. The molecule has 0 aliphatic carbocycles. The average molecular weight is 350 g/mol. The van der Waals surface area contributed by atoms with Gasteiger partial charge < -0.3 is 10.1 Å². The van der Waals surface area contributed by atoms with Crippen LogP contribution in [0.1, 0.15) is 26.7 Å². The zero-order valence-corrected chi connectivity index (χ0v) is 13.9. The van der Waals surface area contributed by atoms with Crippen LogP contribution < -0.4 is 10.1 Å². The minimum atomic E-state index is -0.0770. The second-order valence-electron chi connectivity index (χ2n) is 5.20. The Bertz CT molecular complexity index is 627. The van der Waals surface area contributed by atoms with Crippen molar-refractivity contribution in [2.75, 3.05) is 6.61 Å². The van der Waals surface area contributed by atoms with Crippen LogP contribution in [0.25, 0.3) is 10.8 Å². The molecule has 21 heavy (non-hydrogen) atoms. The Morgan fingerprint density at radius 1 is 1.24 bits per heavy atom. The van der Waals surface area contributed by atoms with Crippen molar-refractivity contribution in [3.8, 4) is 5.75 Å². The molecular weight excluding hydrogens is 330 g/mol. The zero-order chi connectivity index (χ0) is 15.2. The highest BCUT2D eigenvalue weighted by molar-refractivity contribution is 9.10. The largest absolute Gasteiger partial charge is 0.484 e. The van der Waals surface area contributed by atoms with Gasteiger partial charge in [-0.15, -0.1) is 0 Å². The van der Waals surface area contributed by atoms with E-state index in [0.29, 0.717) is 5.75 Å². The van der Waals surface area contributed by atoms with Crippen molar-refractivity contribution in [1.29, 1.82) is 0 Å². The van der Waals surface area contributed by atoms with Gasteiger partial charge in [-0.05, 0) is 48.4 Å². The third-order valence-corrected chi connectivity index (χ3v) is 3.77. The first kappa shape index (κ1) is 15.8. The Hall–Kier alpha value is -1.55. The Balaban J connectivity index is 1.94. The van der Waals surface area contributed by atoms with Crippen LogP contribution in [0.2, 0.25) is 0 Å². The lowest BCUT2D eigenvalue weighted by molar-refractivity contribution is -0.123. The fraction of sp³-hybridized carbons (Fsp3) is 0.353. The fourth-order valence-corrected chi connectivity index (χ4v) is 2.63. The van der Waals surface area contributed by atoms with E-state index in [4.69, 9.17) is 4.74 Å². The molecule has 2 aromatic rings. The smallest absolute Gasteiger partial charge is 0.258 e. The highest BCUT2D eigenvalue weighted by atomic mass is 79.9. The number of ether oxygens (including phenoxy) is 1. The van der Waals surface area contributed by atoms with Crippen molar-refractivity contribution in [2.45, 2.75) is 32.7 Å². The molecule has 1 amide bonds. The molecule has 0 bridgehead atoms. The summed E-state index contributed by atoms with van der Waals surface area (Å²) >= 11 is 3.45. The molecule has 3 nitrogen and oxygen atoms in total. The summed E-state index contributed by atoms with van der Waals surface area (Å²) in [6.45, 7) is 4.16. The van der Waals surface area contributed by atoms with Crippen LogP contribution in [0.5, 0.6) is 5.75 Å². The highest BCUT2D eigenvalue weighted by Gasteiger charge is 2.07. The van der Waals surface area contributed by atoms with E-state index in [1.54, 1.807) is 0 Å². The minimum absolute atomic E-state index is 0.0517. The molecule has 4 heteroatoms. The third-order valence-electron chi connectivity index (χ3n) is 3.27. The monoisotopic (exact) mass is 349 g/mol. The van der Waals surface area contributed by atoms with E-state index in [9.17, 15) is 4.79 Å². The van der Waals surface area contributed by atoms with E-state index in [-0.39, 0.29) is 18.6 Å². The van der Waals surface area contributed by atoms with E-state index in [1.807, 2.05) is 37.3 Å². The number of fused-ring (bicyclic) bond motifs is 1. The van der Waals surface area contributed by atoms with Gasteiger partial charge in [0.15, 0.2) is 6.61 Å². The molecule has 0 heterocycles. The Labute approximate surface area is 133 Å². The third kappa shape index (κ3) is 4.74. The zero-order valence-electron chi connectivity index (χ0n) is 12.4. The van der Waals surface area contributed by atoms with Crippen LogP contribution in [-0.4, -0.2) is 18.6 Å². The first-order valence-electron chi connectivity index (χ1n) is 7.20. The lowest BCUT2D eigenvalue weighted by Gasteiger charge is -2.13. The van der Waals surface area contributed by atoms with Gasteiger partial charge in [0.2, 0.25) is 0 Å². The summed E-state index contributed by atoms with van der Waals surface area (Å²) in [4.78, 5) is 11.8. The van der Waals surface area contributed by atoms with Gasteiger partial charge in [0.1, 0.15) is 5.75 Å². The van der Waals surface area contributed by atoms with Crippen molar-refractivity contribution in [2.24, 2.45) is 0 Å². The summed E-state index contributed by atoms with van der Waals surface area (Å²) < 4.78 is 6.61. The molecule has 0 radical (unpaired) electrons. The normalized spacial score (nSPS) is 12.1. The quantitative estimate of drug-likeness (QED) is 0.844. The van der Waals surface area contributed by atoms with Crippen molar-refractivity contribution in [3.05, 3.63) is 40.9 Å². The van der Waals surface area contributed by atoms with Crippen molar-refractivity contribution in [1.82, 2.24) is 5.32 Å². The lowest BCUT2D eigenvalue weighted by atomic mass is 10.1. The number of benzene rings is 2. The molecule has 0 saturated carbocycles. The average Bonchev–Trinajstić information content (AvgIpc) is 2.45. The topological polar surface area (TPSA) is 38.3 Å². The predicted molar refractivity (Wildman–Crippen MR) is 89.7 cm³/mol. The fourth-order valence-electron chi connectivity index (χ4n) is 2.26. The van der Waals surface area contributed by atoms with Gasteiger partial charge >= 0.3 is 0 Å². The molecule has 0 unspecified atom stereocenters. The van der Waals surface area contributed by atoms with Crippen LogP contribution >= 0.6 is 15.9 Å². The first-order chi connectivity index (χ1) is 10.1. The van der Waals surface area contributed by atoms with Crippen LogP contribution in [0, 0.1) is 0 Å². The standard InChI is InChI=1S/C17H20BrNO2/c1-3-4-12(2)19-17(20)11-21-16-8-6-13-9-15(18)7-5-14(13)10-16/h5-10,12H,3-4,11H2,1-2H3,(H,19,20)/t12-/m1/s1. The molecular formula is C17H20BrNO2. The number of amides is 1. The molecule has 1 N–H and O–H groups in total. The SMILES string of the molecule is CCC[C@@H](C)NC(=O)COc1ccc2cc(Br)ccc2c1. The van der Waals surface area contributed by atoms with Gasteiger partial charge in [-0.3, -0.25) is 4.79 Å². The number of halogens is 1. The van der Waals surface area contributed by atoms with Crippen molar-refractivity contribution in [3.63, 3.8) is 0 Å². The predicted octanol–water partition coefficient (Wildman–Crippen LogP) is 4.29. The number of rotatable bonds is 6. The summed E-state index contributed by atoms with van der Waals surface area (Å²) in [6, 6.07) is 12.1. The van der Waals surface area contributed by atoms with Gasteiger partial charge in [0.25, 0.3) is 5.91 Å². The van der Waals surface area contributed by atoms with Gasteiger partial charge in [-0.25, -0.2) is 0 Å². The van der Waals surface area contributed by atoms with E-state index >= 15 is 0 Å². The minimum Gasteiger partial charge on any atom is -0.484 e. The van der Waals surface area contributed by atoms with Gasteiger partial charge in [-0.2, -0.15) is 0 Å². The maximum absolute atomic E-state index is 11.8. The number of nitrogens with one attached hydrogen (secondary N) is 1. The van der Waals surface area contributed by atoms with E-state index in [2.05, 4.69) is 34.2 Å². The summed E-state index contributed by atoms with van der Waals surface area (Å²) in [5.41, 5.74) is 0. The van der Waals surface area contributed by atoms with Gasteiger partial charge in [0.05, 0.1) is 0 Å². The van der Waals surface area contributed by atoms with Gasteiger partial charge in [0, 0.05) is 10.5 Å². The Kier molecular flexibility index (Phi) is 5.62. The molecule has 0 fully saturated rings. The Morgan fingerprint density at radius 3 is 2.71 bits per heavy atom. The molecule has 2 rings (SSSR count). The van der Waals surface area contributed by atoms with Crippen LogP contribution in [0.4, 0.5) is 0 Å². The number of carbonyl (C=O) groups excluding carboxylic acids is 1. The van der Waals surface area contributed by atoms with E-state index in [0.717, 1.165) is 28.1 Å². The maximum atomic E-state index is 11.8. The molecule has 2 aromatic carbocycles. The van der Waals surface area contributed by atoms with E-state index in [1.165, 1.54) is 0 Å². The van der Waals surface area contributed by atoms with Crippen molar-refractivity contribution < 1.29 is 9.53 Å². The molecule has 112 valence electrons. The number of hydrogen-bond acceptors (Lipinski definition) is 2. The summed E-state index contributed by atoms with van der Waals surface area (Å²) in [6.07, 6.45) is 2.04. The first-order valence-corrected chi connectivity index (χ1v) is 7.99. The van der Waals surface area contributed by atoms with Gasteiger partial charge in [-0.1, -0.05) is 41.4 Å². The summed E-state index contributed by atoms with van der Waals surface area (Å²) in [7, 11) is 0. The maximum Gasteiger partial charge on any atom is 0.258 e. The van der Waals surface area contributed by atoms with Crippen LogP contribution in [0.3, 0.4) is 0 Å². The van der Waals surface area contributed by atoms with Crippen LogP contribution in [0.15, 0.2) is 40.9 Å². The summed E-state index contributed by atoms with van der Waals surface area (Å²) in [5, 5.41) is 5.16. The second kappa shape index (κ2) is 7.46. The second-order valence-corrected chi connectivity index (χ2v) is 6.11. The molecule has 0 aromatic heterocycles. The van der Waals surface area contributed by atoms with Crippen molar-refractivity contribution >= 4 is 32.6 Å². The number of carbonyl (C=O) groups is 1. The molecule has 0 aliphatic heterocycles. The van der Waals surface area contributed by atoms with E-state index < -0.39 is 0 Å². The molecule has 0 aliphatic rings. The highest BCUT2D eigenvalue weighted by Crippen LogP contribution is 2.24.